The van der Waals surface area contributed by atoms with Gasteiger partial charge in [-0.05, 0) is 17.2 Å². The van der Waals surface area contributed by atoms with Gasteiger partial charge in [0.05, 0.1) is 0 Å². The number of hydrogen-bond acceptors (Lipinski definition) is 6. The van der Waals surface area contributed by atoms with E-state index in [1.165, 1.54) is 0 Å². The van der Waals surface area contributed by atoms with Gasteiger partial charge in [0.25, 0.3) is 0 Å². The van der Waals surface area contributed by atoms with E-state index in [0.29, 0.717) is 0 Å². The lowest BCUT2D eigenvalue weighted by Crippen LogP contribution is -2.42. The standard InChI is InChI=1S/C9H21NO3S3Si/c1-10(2)9(14)16-15-7-6-8-17(11-3,12-4)13-5/h6-8H2,1-5H3. The van der Waals surface area contributed by atoms with Crippen LogP contribution in [0.25, 0.3) is 0 Å². The van der Waals surface area contributed by atoms with E-state index < -0.39 is 8.80 Å². The summed E-state index contributed by atoms with van der Waals surface area (Å²) in [7, 11) is 9.82. The highest BCUT2D eigenvalue weighted by molar-refractivity contribution is 8.83. The van der Waals surface area contributed by atoms with Crippen molar-refractivity contribution >= 4 is 46.9 Å². The van der Waals surface area contributed by atoms with E-state index in [0.717, 1.165) is 22.5 Å². The van der Waals surface area contributed by atoms with Gasteiger partial charge in [-0.1, -0.05) is 23.0 Å². The van der Waals surface area contributed by atoms with Crippen molar-refractivity contribution in [2.45, 2.75) is 12.5 Å². The second kappa shape index (κ2) is 9.60. The summed E-state index contributed by atoms with van der Waals surface area (Å²) in [5, 5.41) is 0. The molecule has 0 radical (unpaired) electrons. The summed E-state index contributed by atoms with van der Waals surface area (Å²) in [5.41, 5.74) is 0. The molecule has 0 aliphatic carbocycles. The van der Waals surface area contributed by atoms with Crippen molar-refractivity contribution in [3.63, 3.8) is 0 Å². The highest BCUT2D eigenvalue weighted by Gasteiger charge is 2.36. The largest absolute Gasteiger partial charge is 0.500 e. The fourth-order valence-electron chi connectivity index (χ4n) is 1.07. The van der Waals surface area contributed by atoms with Gasteiger partial charge in [0, 0.05) is 47.2 Å². The maximum Gasteiger partial charge on any atom is 0.500 e. The molecule has 0 unspecified atom stereocenters. The van der Waals surface area contributed by atoms with Crippen molar-refractivity contribution in [1.82, 2.24) is 4.90 Å². The Bertz CT molecular complexity index is 219. The zero-order chi connectivity index (χ0) is 13.3. The van der Waals surface area contributed by atoms with Crippen LogP contribution < -0.4 is 0 Å². The van der Waals surface area contributed by atoms with Crippen molar-refractivity contribution in [1.29, 1.82) is 0 Å². The summed E-state index contributed by atoms with van der Waals surface area (Å²) in [6.07, 6.45) is 0.995. The Morgan fingerprint density at radius 2 is 1.71 bits per heavy atom. The van der Waals surface area contributed by atoms with Crippen LogP contribution in [0.15, 0.2) is 0 Å². The lowest BCUT2D eigenvalue weighted by Gasteiger charge is -2.24. The van der Waals surface area contributed by atoms with Crippen LogP contribution >= 0.6 is 33.8 Å². The van der Waals surface area contributed by atoms with Gasteiger partial charge in [0.15, 0.2) is 0 Å². The summed E-state index contributed by atoms with van der Waals surface area (Å²) in [5.74, 6) is 1.00. The second-order valence-electron chi connectivity index (χ2n) is 3.46. The Balaban J connectivity index is 3.73. The highest BCUT2D eigenvalue weighted by Crippen LogP contribution is 2.26. The van der Waals surface area contributed by atoms with Crippen LogP contribution in [0.1, 0.15) is 6.42 Å². The molecule has 0 aliphatic heterocycles. The monoisotopic (exact) mass is 315 g/mol. The summed E-state index contributed by atoms with van der Waals surface area (Å²) >= 11 is 5.17. The molecule has 0 saturated heterocycles. The minimum Gasteiger partial charge on any atom is -0.377 e. The van der Waals surface area contributed by atoms with Crippen LogP contribution in [0.4, 0.5) is 0 Å². The first-order valence-corrected chi connectivity index (χ1v) is 9.83. The zero-order valence-electron chi connectivity index (χ0n) is 11.0. The SMILES string of the molecule is CO[Si](CCCSSC(=S)N(C)C)(OC)OC. The lowest BCUT2D eigenvalue weighted by molar-refractivity contribution is 0.123. The Labute approximate surface area is 119 Å². The van der Waals surface area contributed by atoms with Gasteiger partial charge in [0.1, 0.15) is 4.32 Å². The maximum atomic E-state index is 5.35. The smallest absolute Gasteiger partial charge is 0.377 e. The molecule has 0 rings (SSSR count). The van der Waals surface area contributed by atoms with E-state index in [-0.39, 0.29) is 0 Å². The molecule has 0 heterocycles. The van der Waals surface area contributed by atoms with Gasteiger partial charge in [-0.25, -0.2) is 0 Å². The van der Waals surface area contributed by atoms with Gasteiger partial charge >= 0.3 is 8.80 Å². The van der Waals surface area contributed by atoms with Crippen molar-refractivity contribution in [3.8, 4) is 0 Å². The van der Waals surface area contributed by atoms with E-state index in [4.69, 9.17) is 25.5 Å². The minimum atomic E-state index is -2.38. The molecular weight excluding hydrogens is 294 g/mol. The molecule has 102 valence electrons. The Morgan fingerprint density at radius 3 is 2.12 bits per heavy atom. The summed E-state index contributed by atoms with van der Waals surface area (Å²) in [6, 6.07) is 0.832. The molecule has 17 heavy (non-hydrogen) atoms. The summed E-state index contributed by atoms with van der Waals surface area (Å²) in [4.78, 5) is 1.94. The van der Waals surface area contributed by atoms with Gasteiger partial charge in [-0.15, -0.1) is 0 Å². The first-order valence-electron chi connectivity index (χ1n) is 5.17. The van der Waals surface area contributed by atoms with Gasteiger partial charge < -0.3 is 18.2 Å². The van der Waals surface area contributed by atoms with E-state index in [1.807, 2.05) is 19.0 Å². The van der Waals surface area contributed by atoms with Crippen molar-refractivity contribution in [3.05, 3.63) is 0 Å². The Kier molecular flexibility index (Phi) is 9.98. The fraction of sp³-hybridized carbons (Fsp3) is 0.889. The molecular formula is C9H21NO3S3Si. The summed E-state index contributed by atoms with van der Waals surface area (Å²) < 4.78 is 16.9. The third-order valence-corrected chi connectivity index (χ3v) is 8.31. The Morgan fingerprint density at radius 1 is 1.18 bits per heavy atom. The Hall–Kier alpha value is 0.687. The molecule has 0 aromatic carbocycles. The normalized spacial score (nSPS) is 11.6. The van der Waals surface area contributed by atoms with Gasteiger partial charge in [-0.3, -0.25) is 0 Å². The zero-order valence-corrected chi connectivity index (χ0v) is 14.5. The van der Waals surface area contributed by atoms with Crippen LogP contribution in [-0.4, -0.2) is 59.2 Å². The molecule has 0 aromatic heterocycles. The number of rotatable bonds is 8. The fourth-order valence-corrected chi connectivity index (χ4v) is 5.43. The number of nitrogens with zero attached hydrogens (tertiary/aromatic N) is 1. The molecule has 0 aromatic rings. The third kappa shape index (κ3) is 6.99. The number of thiocarbonyl (C=S) groups is 1. The van der Waals surface area contributed by atoms with Crippen LogP contribution in [0.2, 0.25) is 6.04 Å². The molecule has 0 spiro atoms. The highest BCUT2D eigenvalue weighted by atomic mass is 33.1. The number of hydrogen-bond donors (Lipinski definition) is 0. The third-order valence-electron chi connectivity index (χ3n) is 2.14. The average Bonchev–Trinajstić information content (AvgIpc) is 2.34. The molecule has 0 N–H and O–H groups in total. The molecule has 0 bridgehead atoms. The average molecular weight is 316 g/mol. The predicted molar refractivity (Wildman–Crippen MR) is 82.5 cm³/mol. The van der Waals surface area contributed by atoms with Gasteiger partial charge in [-0.2, -0.15) is 0 Å². The van der Waals surface area contributed by atoms with Crippen molar-refractivity contribution in [2.24, 2.45) is 0 Å². The molecule has 0 amide bonds. The second-order valence-corrected chi connectivity index (χ2v) is 9.60. The molecule has 4 nitrogen and oxygen atoms in total. The molecule has 0 atom stereocenters. The van der Waals surface area contributed by atoms with E-state index in [9.17, 15) is 0 Å². The van der Waals surface area contributed by atoms with Crippen LogP contribution in [-0.2, 0) is 13.3 Å². The van der Waals surface area contributed by atoms with E-state index >= 15 is 0 Å². The van der Waals surface area contributed by atoms with Crippen LogP contribution in [0.3, 0.4) is 0 Å². The van der Waals surface area contributed by atoms with Crippen molar-refractivity contribution in [2.75, 3.05) is 41.2 Å². The topological polar surface area (TPSA) is 30.9 Å². The molecule has 0 fully saturated rings. The lowest BCUT2D eigenvalue weighted by atomic mass is 10.6. The molecule has 0 aliphatic rings. The van der Waals surface area contributed by atoms with E-state index in [1.54, 1.807) is 42.9 Å². The van der Waals surface area contributed by atoms with Crippen molar-refractivity contribution < 1.29 is 13.3 Å². The maximum absolute atomic E-state index is 5.35. The molecule has 8 heteroatoms. The van der Waals surface area contributed by atoms with Crippen LogP contribution in [0.5, 0.6) is 0 Å². The predicted octanol–water partition coefficient (Wildman–Crippen LogP) is 2.48. The first kappa shape index (κ1) is 17.7. The van der Waals surface area contributed by atoms with Gasteiger partial charge in [0.2, 0.25) is 0 Å². The van der Waals surface area contributed by atoms with Crippen LogP contribution in [0, 0.1) is 0 Å². The first-order chi connectivity index (χ1) is 8.01. The molecule has 0 saturated carbocycles. The minimum absolute atomic E-state index is 0.832. The quantitative estimate of drug-likeness (QED) is 0.294. The summed E-state index contributed by atoms with van der Waals surface area (Å²) in [6.45, 7) is 0. The van der Waals surface area contributed by atoms with E-state index in [2.05, 4.69) is 0 Å².